The Bertz CT molecular complexity index is 426. The molecule has 0 fully saturated rings. The topological polar surface area (TPSA) is 39.2 Å². The first-order valence-electron chi connectivity index (χ1n) is 4.71. The smallest absolute Gasteiger partial charge is 0.357 e. The second-order valence-corrected chi connectivity index (χ2v) is 3.59. The van der Waals surface area contributed by atoms with Crippen LogP contribution in [0.5, 0.6) is 0 Å². The van der Waals surface area contributed by atoms with Gasteiger partial charge in [0, 0.05) is 10.9 Å². The van der Waals surface area contributed by atoms with Crippen molar-refractivity contribution in [3.05, 3.63) is 28.8 Å². The van der Waals surface area contributed by atoms with Crippen molar-refractivity contribution < 1.29 is 22.7 Å². The maximum Gasteiger partial charge on any atom is 0.357 e. The standard InChI is InChI=1S/C10H9BrF3NO2/c1-2-17-10(16)7-6(8(12)13)3-5(4-11)9(14)15-7/h3,8H,2,4H2,1H3. The van der Waals surface area contributed by atoms with E-state index in [1.807, 2.05) is 0 Å². The highest BCUT2D eigenvalue weighted by Crippen LogP contribution is 2.25. The van der Waals surface area contributed by atoms with Gasteiger partial charge in [-0.1, -0.05) is 15.9 Å². The van der Waals surface area contributed by atoms with Crippen molar-refractivity contribution in [1.82, 2.24) is 4.98 Å². The summed E-state index contributed by atoms with van der Waals surface area (Å²) in [6, 6.07) is 0.911. The van der Waals surface area contributed by atoms with Gasteiger partial charge in [0.25, 0.3) is 6.43 Å². The van der Waals surface area contributed by atoms with E-state index in [1.165, 1.54) is 6.92 Å². The van der Waals surface area contributed by atoms with Crippen LogP contribution < -0.4 is 0 Å². The summed E-state index contributed by atoms with van der Waals surface area (Å²) in [4.78, 5) is 14.6. The molecule has 0 aliphatic carbocycles. The molecule has 1 rings (SSSR count). The van der Waals surface area contributed by atoms with E-state index in [0.717, 1.165) is 6.07 Å². The lowest BCUT2D eigenvalue weighted by molar-refractivity contribution is 0.0506. The summed E-state index contributed by atoms with van der Waals surface area (Å²) in [5, 5.41) is 0.0364. The van der Waals surface area contributed by atoms with Crippen LogP contribution in [0.2, 0.25) is 0 Å². The Morgan fingerprint density at radius 2 is 2.24 bits per heavy atom. The van der Waals surface area contributed by atoms with E-state index in [9.17, 15) is 18.0 Å². The van der Waals surface area contributed by atoms with Gasteiger partial charge in [0.2, 0.25) is 5.95 Å². The number of aromatic nitrogens is 1. The number of carbonyl (C=O) groups is 1. The largest absolute Gasteiger partial charge is 0.461 e. The molecule has 0 amide bonds. The molecular formula is C10H9BrF3NO2. The summed E-state index contributed by atoms with van der Waals surface area (Å²) in [5.74, 6) is -2.02. The molecule has 1 aromatic rings. The van der Waals surface area contributed by atoms with Gasteiger partial charge >= 0.3 is 5.97 Å². The molecule has 0 aromatic carbocycles. The SMILES string of the molecule is CCOC(=O)c1nc(F)c(CBr)cc1C(F)F. The zero-order valence-electron chi connectivity index (χ0n) is 8.84. The minimum absolute atomic E-state index is 0.00497. The molecule has 1 aromatic heterocycles. The Kier molecular flexibility index (Phi) is 4.92. The number of pyridine rings is 1. The first-order valence-corrected chi connectivity index (χ1v) is 5.83. The molecule has 0 bridgehead atoms. The van der Waals surface area contributed by atoms with Gasteiger partial charge in [-0.3, -0.25) is 0 Å². The number of halogens is 4. The van der Waals surface area contributed by atoms with Gasteiger partial charge in [0.05, 0.1) is 12.2 Å². The van der Waals surface area contributed by atoms with Crippen LogP contribution in [-0.2, 0) is 10.1 Å². The van der Waals surface area contributed by atoms with Crippen molar-refractivity contribution in [1.29, 1.82) is 0 Å². The Hall–Kier alpha value is -1.11. The third-order valence-corrected chi connectivity index (χ3v) is 2.53. The molecule has 0 atom stereocenters. The molecule has 0 saturated carbocycles. The highest BCUT2D eigenvalue weighted by molar-refractivity contribution is 9.08. The summed E-state index contributed by atoms with van der Waals surface area (Å²) in [7, 11) is 0. The van der Waals surface area contributed by atoms with Crippen molar-refractivity contribution in [2.45, 2.75) is 18.7 Å². The highest BCUT2D eigenvalue weighted by atomic mass is 79.9. The summed E-state index contributed by atoms with van der Waals surface area (Å²) in [5.41, 5.74) is -1.34. The number of esters is 1. The van der Waals surface area contributed by atoms with E-state index >= 15 is 0 Å². The van der Waals surface area contributed by atoms with Crippen LogP contribution >= 0.6 is 15.9 Å². The number of nitrogens with zero attached hydrogens (tertiary/aromatic N) is 1. The van der Waals surface area contributed by atoms with E-state index in [2.05, 4.69) is 25.7 Å². The van der Waals surface area contributed by atoms with Crippen LogP contribution in [0.3, 0.4) is 0 Å². The zero-order valence-corrected chi connectivity index (χ0v) is 10.4. The van der Waals surface area contributed by atoms with Gasteiger partial charge in [0.15, 0.2) is 5.69 Å². The predicted octanol–water partition coefficient (Wildman–Crippen LogP) is 3.23. The normalized spacial score (nSPS) is 10.7. The maximum atomic E-state index is 13.3. The molecular weight excluding hydrogens is 303 g/mol. The predicted molar refractivity (Wildman–Crippen MR) is 57.7 cm³/mol. The number of rotatable bonds is 4. The lowest BCUT2D eigenvalue weighted by atomic mass is 10.1. The molecule has 0 unspecified atom stereocenters. The first-order chi connectivity index (χ1) is 8.01. The number of hydrogen-bond donors (Lipinski definition) is 0. The van der Waals surface area contributed by atoms with Crippen LogP contribution in [0, 0.1) is 5.95 Å². The molecule has 3 nitrogen and oxygen atoms in total. The third kappa shape index (κ3) is 3.18. The summed E-state index contributed by atoms with van der Waals surface area (Å²) < 4.78 is 43.2. The Labute approximate surface area is 104 Å². The van der Waals surface area contributed by atoms with Crippen molar-refractivity contribution in [2.75, 3.05) is 6.61 Å². The minimum atomic E-state index is -2.92. The molecule has 17 heavy (non-hydrogen) atoms. The minimum Gasteiger partial charge on any atom is -0.461 e. The fraction of sp³-hybridized carbons (Fsp3) is 0.400. The van der Waals surface area contributed by atoms with Crippen molar-refractivity contribution in [3.8, 4) is 0 Å². The summed E-state index contributed by atoms with van der Waals surface area (Å²) in [6.45, 7) is 1.52. The summed E-state index contributed by atoms with van der Waals surface area (Å²) >= 11 is 2.94. The third-order valence-electron chi connectivity index (χ3n) is 1.93. The fourth-order valence-electron chi connectivity index (χ4n) is 1.17. The number of hydrogen-bond acceptors (Lipinski definition) is 3. The molecule has 94 valence electrons. The Morgan fingerprint density at radius 3 is 2.71 bits per heavy atom. The zero-order chi connectivity index (χ0) is 13.0. The molecule has 0 aliphatic rings. The molecule has 0 spiro atoms. The molecule has 7 heteroatoms. The van der Waals surface area contributed by atoms with Gasteiger partial charge < -0.3 is 4.74 Å². The second kappa shape index (κ2) is 6.00. The van der Waals surface area contributed by atoms with E-state index in [0.29, 0.717) is 0 Å². The molecule has 0 radical (unpaired) electrons. The van der Waals surface area contributed by atoms with E-state index in [4.69, 9.17) is 0 Å². The highest BCUT2D eigenvalue weighted by Gasteiger charge is 2.23. The van der Waals surface area contributed by atoms with Gasteiger partial charge in [-0.25, -0.2) is 18.6 Å². The van der Waals surface area contributed by atoms with Gasteiger partial charge in [0.1, 0.15) is 0 Å². The van der Waals surface area contributed by atoms with Crippen molar-refractivity contribution >= 4 is 21.9 Å². The van der Waals surface area contributed by atoms with Crippen molar-refractivity contribution in [3.63, 3.8) is 0 Å². The van der Waals surface area contributed by atoms with Gasteiger partial charge in [-0.05, 0) is 13.0 Å². The Morgan fingerprint density at radius 1 is 1.59 bits per heavy atom. The molecule has 1 heterocycles. The molecule has 0 N–H and O–H groups in total. The summed E-state index contributed by atoms with van der Waals surface area (Å²) in [6.07, 6.45) is -2.92. The van der Waals surface area contributed by atoms with E-state index < -0.39 is 29.6 Å². The van der Waals surface area contributed by atoms with Crippen LogP contribution in [0.15, 0.2) is 6.07 Å². The van der Waals surface area contributed by atoms with Crippen LogP contribution in [0.4, 0.5) is 13.2 Å². The van der Waals surface area contributed by atoms with Gasteiger partial charge in [-0.15, -0.1) is 0 Å². The number of carbonyl (C=O) groups excluding carboxylic acids is 1. The van der Waals surface area contributed by atoms with Crippen LogP contribution in [0.25, 0.3) is 0 Å². The quantitative estimate of drug-likeness (QED) is 0.487. The van der Waals surface area contributed by atoms with E-state index in [1.54, 1.807) is 0 Å². The number of alkyl halides is 3. The molecule has 0 saturated heterocycles. The first kappa shape index (κ1) is 14.0. The Balaban J connectivity index is 3.27. The maximum absolute atomic E-state index is 13.3. The average molecular weight is 312 g/mol. The monoisotopic (exact) mass is 311 g/mol. The number of ether oxygens (including phenoxy) is 1. The van der Waals surface area contributed by atoms with Crippen LogP contribution in [0.1, 0.15) is 35.0 Å². The van der Waals surface area contributed by atoms with Gasteiger partial charge in [-0.2, -0.15) is 4.39 Å². The van der Waals surface area contributed by atoms with E-state index in [-0.39, 0.29) is 17.5 Å². The average Bonchev–Trinajstić information content (AvgIpc) is 2.28. The lowest BCUT2D eigenvalue weighted by Gasteiger charge is -2.09. The lowest BCUT2D eigenvalue weighted by Crippen LogP contribution is -2.13. The second-order valence-electron chi connectivity index (χ2n) is 3.03. The fourth-order valence-corrected chi connectivity index (χ4v) is 1.57. The van der Waals surface area contributed by atoms with Crippen molar-refractivity contribution in [2.24, 2.45) is 0 Å². The van der Waals surface area contributed by atoms with Crippen LogP contribution in [-0.4, -0.2) is 17.6 Å². The molecule has 0 aliphatic heterocycles.